The number of likely N-dealkylation sites (tertiary alicyclic amines) is 2. The molecule has 0 N–H and O–H groups in total. The minimum absolute atomic E-state index is 0.0382. The molecule has 3 aliphatic rings. The van der Waals surface area contributed by atoms with Crippen LogP contribution in [-0.4, -0.2) is 76.1 Å². The molecule has 3 fully saturated rings. The number of amides is 2. The van der Waals surface area contributed by atoms with E-state index in [9.17, 15) is 14.4 Å². The number of halogens is 1. The van der Waals surface area contributed by atoms with Crippen molar-refractivity contribution in [3.63, 3.8) is 0 Å². The van der Waals surface area contributed by atoms with Crippen molar-refractivity contribution in [3.8, 4) is 0 Å². The second-order valence-corrected chi connectivity index (χ2v) is 15.3. The van der Waals surface area contributed by atoms with E-state index in [2.05, 4.69) is 51.7 Å². The van der Waals surface area contributed by atoms with Crippen molar-refractivity contribution in [2.75, 3.05) is 26.2 Å². The van der Waals surface area contributed by atoms with E-state index in [1.807, 2.05) is 21.9 Å². The van der Waals surface area contributed by atoms with E-state index >= 15 is 0 Å². The minimum Gasteiger partial charge on any atom is -0.340 e. The Morgan fingerprint density at radius 2 is 1.50 bits per heavy atom. The molecule has 0 aromatic heterocycles. The largest absolute Gasteiger partial charge is 0.340 e. The Labute approximate surface area is 246 Å². The topological polar surface area (TPSA) is 60.9 Å². The molecule has 222 valence electrons. The Kier molecular flexibility index (Phi) is 8.84. The maximum Gasteiger partial charge on any atom is 0.236 e. The second-order valence-electron chi connectivity index (χ2n) is 14.9. The van der Waals surface area contributed by atoms with Gasteiger partial charge in [-0.25, -0.2) is 0 Å². The van der Waals surface area contributed by atoms with Crippen LogP contribution in [0, 0.1) is 16.7 Å². The van der Waals surface area contributed by atoms with Crippen LogP contribution in [0.1, 0.15) is 99.0 Å². The number of hydrogen-bond donors (Lipinski definition) is 0. The summed E-state index contributed by atoms with van der Waals surface area (Å²) in [6, 6.07) is 7.99. The van der Waals surface area contributed by atoms with Gasteiger partial charge in [0.15, 0.2) is 0 Å². The van der Waals surface area contributed by atoms with Crippen LogP contribution in [0.15, 0.2) is 24.3 Å². The molecule has 0 bridgehead atoms. The van der Waals surface area contributed by atoms with Gasteiger partial charge in [0, 0.05) is 48.7 Å². The van der Waals surface area contributed by atoms with E-state index in [4.69, 9.17) is 11.6 Å². The lowest BCUT2D eigenvalue weighted by molar-refractivity contribution is -0.152. The molecule has 1 aromatic carbocycles. The van der Waals surface area contributed by atoms with E-state index in [-0.39, 0.29) is 52.5 Å². The van der Waals surface area contributed by atoms with Gasteiger partial charge in [0.25, 0.3) is 0 Å². The van der Waals surface area contributed by atoms with Crippen molar-refractivity contribution in [3.05, 3.63) is 34.9 Å². The number of carbonyl (C=O) groups is 3. The lowest BCUT2D eigenvalue weighted by Gasteiger charge is -2.45. The van der Waals surface area contributed by atoms with Gasteiger partial charge in [-0.2, -0.15) is 0 Å². The van der Waals surface area contributed by atoms with Crippen molar-refractivity contribution in [1.82, 2.24) is 14.7 Å². The van der Waals surface area contributed by atoms with Gasteiger partial charge in [0.2, 0.25) is 11.8 Å². The second kappa shape index (κ2) is 11.4. The lowest BCUT2D eigenvalue weighted by atomic mass is 9.74. The van der Waals surface area contributed by atoms with Crippen LogP contribution in [-0.2, 0) is 14.4 Å². The zero-order valence-electron chi connectivity index (χ0n) is 25.9. The summed E-state index contributed by atoms with van der Waals surface area (Å²) >= 11 is 6.19. The van der Waals surface area contributed by atoms with Gasteiger partial charge >= 0.3 is 0 Å². The number of Topliss-reactive ketones (excluding diaryl/α,β-unsaturated/α-hetero) is 1. The Hall–Kier alpha value is -1.92. The third-order valence-corrected chi connectivity index (χ3v) is 10.4. The van der Waals surface area contributed by atoms with E-state index in [0.29, 0.717) is 24.7 Å². The van der Waals surface area contributed by atoms with Crippen LogP contribution in [0.3, 0.4) is 0 Å². The number of carbonyl (C=O) groups excluding carboxylic acids is 3. The number of hydrogen-bond acceptors (Lipinski definition) is 4. The maximum atomic E-state index is 14.2. The Bertz CT molecular complexity index is 1100. The number of benzene rings is 1. The number of nitrogens with zero attached hydrogens (tertiary/aromatic N) is 3. The third kappa shape index (κ3) is 6.43. The molecule has 1 unspecified atom stereocenters. The Morgan fingerprint density at radius 3 is 2.05 bits per heavy atom. The third-order valence-electron chi connectivity index (χ3n) is 10.1. The normalized spacial score (nSPS) is 26.2. The smallest absolute Gasteiger partial charge is 0.236 e. The fourth-order valence-corrected chi connectivity index (χ4v) is 6.94. The quantitative estimate of drug-likeness (QED) is 0.383. The predicted molar refractivity (Wildman–Crippen MR) is 161 cm³/mol. The molecular formula is C33H50ClN3O3. The van der Waals surface area contributed by atoms with Crippen LogP contribution >= 0.6 is 11.6 Å². The first-order chi connectivity index (χ1) is 18.5. The van der Waals surface area contributed by atoms with Gasteiger partial charge in [-0.05, 0) is 96.8 Å². The highest BCUT2D eigenvalue weighted by Gasteiger charge is 2.48. The van der Waals surface area contributed by atoms with E-state index in [1.165, 1.54) is 6.92 Å². The summed E-state index contributed by atoms with van der Waals surface area (Å²) in [6.07, 6.45) is 4.76. The summed E-state index contributed by atoms with van der Waals surface area (Å²) in [5.74, 6) is -0.0610. The minimum atomic E-state index is -1.07. The van der Waals surface area contributed by atoms with E-state index < -0.39 is 5.41 Å². The van der Waals surface area contributed by atoms with Gasteiger partial charge in [0.05, 0.1) is 12.0 Å². The first-order valence-electron chi connectivity index (χ1n) is 15.1. The van der Waals surface area contributed by atoms with Crippen molar-refractivity contribution in [1.29, 1.82) is 0 Å². The number of rotatable bonds is 6. The molecule has 1 saturated carbocycles. The Morgan fingerprint density at radius 1 is 0.900 bits per heavy atom. The van der Waals surface area contributed by atoms with Crippen LogP contribution in [0.2, 0.25) is 5.02 Å². The zero-order chi connectivity index (χ0) is 29.6. The van der Waals surface area contributed by atoms with Crippen LogP contribution in [0.5, 0.6) is 0 Å². The average molecular weight is 572 g/mol. The first-order valence-corrected chi connectivity index (χ1v) is 15.5. The van der Waals surface area contributed by atoms with Crippen molar-refractivity contribution < 1.29 is 14.4 Å². The van der Waals surface area contributed by atoms with Gasteiger partial charge in [0.1, 0.15) is 11.2 Å². The number of ketones is 1. The van der Waals surface area contributed by atoms with Gasteiger partial charge < -0.3 is 9.80 Å². The highest BCUT2D eigenvalue weighted by molar-refractivity contribution is 6.30. The van der Waals surface area contributed by atoms with Gasteiger partial charge in [-0.15, -0.1) is 0 Å². The van der Waals surface area contributed by atoms with Crippen LogP contribution in [0.25, 0.3) is 0 Å². The molecule has 2 heterocycles. The summed E-state index contributed by atoms with van der Waals surface area (Å²) in [5.41, 5.74) is 0.318. The molecular weight excluding hydrogens is 522 g/mol. The molecule has 2 saturated heterocycles. The monoisotopic (exact) mass is 571 g/mol. The summed E-state index contributed by atoms with van der Waals surface area (Å²) in [7, 11) is 0. The van der Waals surface area contributed by atoms with Crippen molar-refractivity contribution >= 4 is 29.2 Å². The van der Waals surface area contributed by atoms with E-state index in [1.54, 1.807) is 13.8 Å². The molecule has 4 rings (SSSR count). The molecule has 2 aliphatic heterocycles. The molecule has 3 atom stereocenters. The molecule has 6 nitrogen and oxygen atoms in total. The predicted octanol–water partition coefficient (Wildman–Crippen LogP) is 6.17. The fourth-order valence-electron chi connectivity index (χ4n) is 6.82. The van der Waals surface area contributed by atoms with Crippen molar-refractivity contribution in [2.45, 2.75) is 111 Å². The van der Waals surface area contributed by atoms with Gasteiger partial charge in [-0.3, -0.25) is 19.3 Å². The summed E-state index contributed by atoms with van der Waals surface area (Å²) in [6.45, 7) is 19.0. The molecule has 1 aromatic rings. The van der Waals surface area contributed by atoms with Crippen LogP contribution in [0.4, 0.5) is 0 Å². The molecule has 7 heteroatoms. The van der Waals surface area contributed by atoms with E-state index in [0.717, 1.165) is 44.2 Å². The lowest BCUT2D eigenvalue weighted by Crippen LogP contribution is -2.55. The molecule has 0 radical (unpaired) electrons. The summed E-state index contributed by atoms with van der Waals surface area (Å²) in [5, 5.41) is 0.698. The fraction of sp³-hybridized carbons (Fsp3) is 0.727. The highest BCUT2D eigenvalue weighted by atomic mass is 35.5. The molecule has 1 aliphatic carbocycles. The summed E-state index contributed by atoms with van der Waals surface area (Å²) in [4.78, 5) is 47.2. The van der Waals surface area contributed by atoms with Crippen molar-refractivity contribution in [2.24, 2.45) is 16.7 Å². The van der Waals surface area contributed by atoms with Crippen LogP contribution < -0.4 is 0 Å². The molecule has 0 spiro atoms. The molecule has 40 heavy (non-hydrogen) atoms. The first kappa shape index (κ1) is 31.0. The van der Waals surface area contributed by atoms with Gasteiger partial charge in [-0.1, -0.05) is 37.6 Å². The Balaban J connectivity index is 1.56. The SMILES string of the molecule is CC(=O)C(C)(C)C(=O)N(C1CCC(C)(C)CC1)[C@H]1CCN(C(=O)C2CN(C(C)(C)C)C[C@@H]2c2ccc(Cl)cc2)C1. The maximum absolute atomic E-state index is 14.2. The summed E-state index contributed by atoms with van der Waals surface area (Å²) < 4.78 is 0. The molecule has 2 amide bonds. The standard InChI is InChI=1S/C33H50ClN3O3/c1-22(38)33(7,8)30(40)37(25-13-16-32(5,6)17-14-25)26-15-18-35(19-26)29(39)28-21-36(31(2,3)4)20-27(28)23-9-11-24(34)12-10-23/h9-12,25-28H,13-21H2,1-8H3/t26-,27+,28?/m0/s1. The highest BCUT2D eigenvalue weighted by Crippen LogP contribution is 2.41. The average Bonchev–Trinajstić information content (AvgIpc) is 3.53. The zero-order valence-corrected chi connectivity index (χ0v) is 26.7.